The molecule has 0 bridgehead atoms. The molecular formula is C43H54N6O4S2Si2. The van der Waals surface area contributed by atoms with Gasteiger partial charge in [-0.2, -0.15) is 4.31 Å². The van der Waals surface area contributed by atoms with Crippen LogP contribution in [0.5, 0.6) is 0 Å². The number of H-pyrrole nitrogens is 1. The van der Waals surface area contributed by atoms with Gasteiger partial charge in [-0.3, -0.25) is 4.79 Å². The van der Waals surface area contributed by atoms with Crippen molar-refractivity contribution >= 4 is 64.9 Å². The van der Waals surface area contributed by atoms with Crippen molar-refractivity contribution in [2.75, 3.05) is 40.3 Å². The number of carbonyl (C=O) groups excluding carboxylic acids is 1. The highest BCUT2D eigenvalue weighted by molar-refractivity contribution is 7.89. The van der Waals surface area contributed by atoms with Crippen LogP contribution in [0, 0.1) is 11.5 Å². The number of aromatic amines is 1. The smallest absolute Gasteiger partial charge is 0.283 e. The van der Waals surface area contributed by atoms with Gasteiger partial charge in [-0.1, -0.05) is 107 Å². The molecule has 0 spiro atoms. The van der Waals surface area contributed by atoms with E-state index in [2.05, 4.69) is 115 Å². The van der Waals surface area contributed by atoms with Crippen molar-refractivity contribution in [2.24, 2.45) is 0 Å². The third kappa shape index (κ3) is 8.49. The number of fused-ring (bicyclic) bond motifs is 2. The predicted molar refractivity (Wildman–Crippen MR) is 235 cm³/mol. The molecule has 3 aromatic carbocycles. The molecule has 4 heterocycles. The Morgan fingerprint density at radius 1 is 0.930 bits per heavy atom. The van der Waals surface area contributed by atoms with Gasteiger partial charge in [0.05, 0.1) is 12.2 Å². The number of benzene rings is 3. The van der Waals surface area contributed by atoms with Gasteiger partial charge in [0, 0.05) is 74.3 Å². The van der Waals surface area contributed by atoms with Crippen molar-refractivity contribution in [1.82, 2.24) is 29.2 Å². The van der Waals surface area contributed by atoms with Crippen LogP contribution in [0.25, 0.3) is 10.9 Å². The molecule has 2 aliphatic heterocycles. The highest BCUT2D eigenvalue weighted by atomic mass is 32.2. The topological polar surface area (TPSA) is 102 Å². The van der Waals surface area contributed by atoms with Crippen LogP contribution in [-0.2, 0) is 27.5 Å². The van der Waals surface area contributed by atoms with E-state index < -0.39 is 32.5 Å². The van der Waals surface area contributed by atoms with Crippen molar-refractivity contribution in [1.29, 1.82) is 0 Å². The number of carbonyl (C=O) groups is 1. The van der Waals surface area contributed by atoms with Crippen LogP contribution in [0.15, 0.2) is 90.0 Å². The lowest BCUT2D eigenvalue weighted by atomic mass is 10.1. The van der Waals surface area contributed by atoms with E-state index in [1.54, 1.807) is 6.07 Å². The van der Waals surface area contributed by atoms with Crippen LogP contribution < -0.4 is 10.4 Å². The fraction of sp³-hybridized carbons (Fsp3) is 0.395. The molecule has 1 atom stereocenters. The van der Waals surface area contributed by atoms with Crippen molar-refractivity contribution in [2.45, 2.75) is 76.0 Å². The van der Waals surface area contributed by atoms with Crippen molar-refractivity contribution in [3.05, 3.63) is 106 Å². The van der Waals surface area contributed by atoms with Gasteiger partial charge in [0.25, 0.3) is 24.2 Å². The second-order valence-corrected chi connectivity index (χ2v) is 29.3. The zero-order chi connectivity index (χ0) is 40.8. The summed E-state index contributed by atoms with van der Waals surface area (Å²) >= 11 is 1.44. The number of nitrogens with zero attached hydrogens (tertiary/aromatic N) is 5. The molecule has 1 saturated heterocycles. The summed E-state index contributed by atoms with van der Waals surface area (Å²) in [5, 5.41) is 7.69. The molecule has 1 amide bonds. The maximum Gasteiger partial charge on any atom is 0.283 e. The summed E-state index contributed by atoms with van der Waals surface area (Å²) in [5.74, 6) is 3.12. The number of thiazole rings is 1. The van der Waals surface area contributed by atoms with E-state index in [4.69, 9.17) is 9.41 Å². The summed E-state index contributed by atoms with van der Waals surface area (Å²) in [6.07, 6.45) is 0.449. The fourth-order valence-corrected chi connectivity index (χ4v) is 15.6. The number of amides is 1. The SMILES string of the molecule is CN1Cc2nc(C(=O)N3CCN(S(=O)(=O)c4cc5cc(C#C[Si](C)(C)C)ccc5[nH]4)CC3CCO[Si](c3ccccc3)(c3ccccc3)C(C)(C)C)sc2CN1C. The van der Waals surface area contributed by atoms with Crippen LogP contribution in [0.4, 0.5) is 0 Å². The number of rotatable bonds is 9. The zero-order valence-electron chi connectivity index (χ0n) is 34.3. The maximum atomic E-state index is 14.5. The Morgan fingerprint density at radius 2 is 1.58 bits per heavy atom. The van der Waals surface area contributed by atoms with Gasteiger partial charge >= 0.3 is 0 Å². The lowest BCUT2D eigenvalue weighted by Gasteiger charge is -2.44. The summed E-state index contributed by atoms with van der Waals surface area (Å²) in [6, 6.07) is 28.0. The van der Waals surface area contributed by atoms with Gasteiger partial charge in [0.1, 0.15) is 13.1 Å². The fourth-order valence-electron chi connectivity index (χ4n) is 7.90. The van der Waals surface area contributed by atoms with Crippen LogP contribution in [0.1, 0.15) is 53.1 Å². The van der Waals surface area contributed by atoms with Gasteiger partial charge < -0.3 is 14.3 Å². The number of hydrogen-bond donors (Lipinski definition) is 1. The third-order valence-electron chi connectivity index (χ3n) is 11.0. The van der Waals surface area contributed by atoms with Gasteiger partial charge in [-0.05, 0) is 46.1 Å². The normalized spacial score (nSPS) is 17.7. The number of nitrogens with one attached hydrogen (secondary N) is 1. The molecule has 2 aliphatic rings. The summed E-state index contributed by atoms with van der Waals surface area (Å²) in [6.45, 7) is 15.5. The van der Waals surface area contributed by atoms with Crippen LogP contribution >= 0.6 is 11.3 Å². The average molecular weight is 839 g/mol. The van der Waals surface area contributed by atoms with E-state index >= 15 is 0 Å². The molecule has 1 N–H and O–H groups in total. The number of sulfonamides is 1. The molecule has 0 saturated carbocycles. The maximum absolute atomic E-state index is 14.5. The lowest BCUT2D eigenvalue weighted by molar-refractivity contribution is -0.00173. The summed E-state index contributed by atoms with van der Waals surface area (Å²) in [5.41, 5.74) is 5.92. The first-order chi connectivity index (χ1) is 27.0. The highest BCUT2D eigenvalue weighted by Gasteiger charge is 2.50. The minimum atomic E-state index is -3.94. The zero-order valence-corrected chi connectivity index (χ0v) is 37.9. The first kappa shape index (κ1) is 41.3. The van der Waals surface area contributed by atoms with Crippen molar-refractivity contribution < 1.29 is 17.6 Å². The van der Waals surface area contributed by atoms with Crippen LogP contribution in [0.2, 0.25) is 24.7 Å². The molecular weight excluding hydrogens is 785 g/mol. The molecule has 7 rings (SSSR count). The molecule has 1 fully saturated rings. The summed E-state index contributed by atoms with van der Waals surface area (Å²) < 4.78 is 37.7. The molecule has 57 heavy (non-hydrogen) atoms. The first-order valence-corrected chi connectivity index (χ1v) is 27.3. The number of hydrogen-bond acceptors (Lipinski definition) is 8. The second kappa shape index (κ2) is 16.0. The van der Waals surface area contributed by atoms with E-state index in [-0.39, 0.29) is 35.6 Å². The number of hydrazine groups is 1. The van der Waals surface area contributed by atoms with E-state index in [1.165, 1.54) is 26.0 Å². The second-order valence-electron chi connectivity index (χ2n) is 17.3. The van der Waals surface area contributed by atoms with Crippen molar-refractivity contribution in [3.8, 4) is 11.5 Å². The van der Waals surface area contributed by atoms with Gasteiger partial charge in [-0.15, -0.1) is 16.9 Å². The molecule has 10 nitrogen and oxygen atoms in total. The molecule has 300 valence electrons. The van der Waals surface area contributed by atoms with E-state index in [9.17, 15) is 13.2 Å². The van der Waals surface area contributed by atoms with E-state index in [1.807, 2.05) is 49.3 Å². The highest BCUT2D eigenvalue weighted by Crippen LogP contribution is 2.37. The molecule has 0 aliphatic carbocycles. The minimum Gasteiger partial charge on any atom is -0.407 e. The Hall–Kier alpha value is -3.92. The Kier molecular flexibility index (Phi) is 11.6. The molecule has 1 unspecified atom stereocenters. The Morgan fingerprint density at radius 3 is 2.21 bits per heavy atom. The Balaban J connectivity index is 1.20. The Labute approximate surface area is 344 Å². The molecule has 5 aromatic rings. The lowest BCUT2D eigenvalue weighted by Crippen LogP contribution is -2.67. The van der Waals surface area contributed by atoms with Crippen molar-refractivity contribution in [3.63, 3.8) is 0 Å². The first-order valence-electron chi connectivity index (χ1n) is 19.6. The standard InChI is InChI=1S/C43H54N6O4S2Si2/c1-43(2,3)57(35-15-11-9-12-16-35,36-17-13-10-14-18-36)53-25-21-34-29-48(23-24-49(34)42(50)41-45-38-30-46(4)47(5)31-39(38)54-41)55(51,52)40-28-33-27-32(19-20-37(33)44-40)22-26-56(6,7)8/h9-20,27-28,34,44H,21,23-25,29-31H2,1-8H3. The molecule has 0 radical (unpaired) electrons. The average Bonchev–Trinajstić information content (AvgIpc) is 3.80. The van der Waals surface area contributed by atoms with E-state index in [0.717, 1.165) is 27.0 Å². The van der Waals surface area contributed by atoms with E-state index in [0.29, 0.717) is 31.1 Å². The summed E-state index contributed by atoms with van der Waals surface area (Å²) in [4.78, 5) is 25.4. The summed E-state index contributed by atoms with van der Waals surface area (Å²) in [7, 11) is -4.36. The van der Waals surface area contributed by atoms with Crippen LogP contribution in [0.3, 0.4) is 0 Å². The quantitative estimate of drug-likeness (QED) is 0.141. The predicted octanol–water partition coefficient (Wildman–Crippen LogP) is 6.13. The number of aromatic nitrogens is 2. The molecule has 2 aromatic heterocycles. The molecule has 14 heteroatoms. The van der Waals surface area contributed by atoms with Crippen LogP contribution in [-0.4, -0.2) is 106 Å². The minimum absolute atomic E-state index is 0.135. The Bertz CT molecular complexity index is 2350. The van der Waals surface area contributed by atoms with Gasteiger partial charge in [0.15, 0.2) is 5.01 Å². The van der Waals surface area contributed by atoms with Gasteiger partial charge in [0.2, 0.25) is 0 Å². The third-order valence-corrected chi connectivity index (χ3v) is 19.8. The van der Waals surface area contributed by atoms with Gasteiger partial charge in [-0.25, -0.2) is 23.4 Å². The number of piperazine rings is 1. The largest absolute Gasteiger partial charge is 0.407 e. The monoisotopic (exact) mass is 838 g/mol.